The first-order valence-electron chi connectivity index (χ1n) is 9.55. The van der Waals surface area contributed by atoms with E-state index in [4.69, 9.17) is 5.10 Å². The summed E-state index contributed by atoms with van der Waals surface area (Å²) in [6.45, 7) is 4.86. The third kappa shape index (κ3) is 4.01. The summed E-state index contributed by atoms with van der Waals surface area (Å²) in [6.07, 6.45) is 2.02. The van der Waals surface area contributed by atoms with E-state index in [9.17, 15) is 4.79 Å². The zero-order chi connectivity index (χ0) is 18.6. The molecule has 140 valence electrons. The fraction of sp³-hybridized carbons (Fsp3) is 0.381. The SMILES string of the molecule is Cc1cccc(Cn2nc(C3CCNCC3)n(Cc3ccccc3)c2=O)n1. The average Bonchev–Trinajstić information content (AvgIpc) is 2.99. The largest absolute Gasteiger partial charge is 0.346 e. The highest BCUT2D eigenvalue weighted by Gasteiger charge is 2.24. The molecule has 6 nitrogen and oxygen atoms in total. The second-order valence-corrected chi connectivity index (χ2v) is 7.16. The lowest BCUT2D eigenvalue weighted by Gasteiger charge is -2.22. The van der Waals surface area contributed by atoms with Gasteiger partial charge in [-0.05, 0) is 50.6 Å². The number of nitrogens with zero attached hydrogens (tertiary/aromatic N) is 4. The molecule has 1 saturated heterocycles. The first kappa shape index (κ1) is 17.7. The molecule has 0 spiro atoms. The van der Waals surface area contributed by atoms with Gasteiger partial charge in [-0.2, -0.15) is 5.10 Å². The van der Waals surface area contributed by atoms with Crippen molar-refractivity contribution in [2.24, 2.45) is 0 Å². The number of nitrogens with one attached hydrogen (secondary N) is 1. The van der Waals surface area contributed by atoms with Crippen molar-refractivity contribution < 1.29 is 0 Å². The highest BCUT2D eigenvalue weighted by Crippen LogP contribution is 2.23. The molecule has 0 unspecified atom stereocenters. The molecule has 0 atom stereocenters. The molecule has 1 aliphatic heterocycles. The van der Waals surface area contributed by atoms with E-state index in [2.05, 4.69) is 22.4 Å². The minimum Gasteiger partial charge on any atom is -0.317 e. The van der Waals surface area contributed by atoms with Gasteiger partial charge in [-0.15, -0.1) is 0 Å². The lowest BCUT2D eigenvalue weighted by molar-refractivity contribution is 0.430. The third-order valence-corrected chi connectivity index (χ3v) is 5.10. The fourth-order valence-electron chi connectivity index (χ4n) is 3.70. The summed E-state index contributed by atoms with van der Waals surface area (Å²) >= 11 is 0. The number of aryl methyl sites for hydroxylation is 1. The molecule has 0 aliphatic carbocycles. The van der Waals surface area contributed by atoms with Crippen LogP contribution in [-0.2, 0) is 13.1 Å². The highest BCUT2D eigenvalue weighted by atomic mass is 16.2. The third-order valence-electron chi connectivity index (χ3n) is 5.10. The van der Waals surface area contributed by atoms with Crippen molar-refractivity contribution in [2.75, 3.05) is 13.1 Å². The Balaban J connectivity index is 1.70. The van der Waals surface area contributed by atoms with Crippen molar-refractivity contribution in [1.29, 1.82) is 0 Å². The van der Waals surface area contributed by atoms with Crippen LogP contribution in [0.1, 0.15) is 41.5 Å². The molecule has 2 aromatic heterocycles. The number of rotatable bonds is 5. The number of pyridine rings is 1. The summed E-state index contributed by atoms with van der Waals surface area (Å²) in [6, 6.07) is 16.0. The quantitative estimate of drug-likeness (QED) is 0.756. The summed E-state index contributed by atoms with van der Waals surface area (Å²) < 4.78 is 3.42. The van der Waals surface area contributed by atoms with E-state index in [1.807, 2.05) is 47.9 Å². The molecule has 1 aromatic carbocycles. The predicted octanol–water partition coefficient (Wildman–Crippen LogP) is 2.31. The van der Waals surface area contributed by atoms with Gasteiger partial charge in [-0.3, -0.25) is 9.55 Å². The molecule has 3 heterocycles. The zero-order valence-electron chi connectivity index (χ0n) is 15.6. The van der Waals surface area contributed by atoms with Crippen LogP contribution in [0.3, 0.4) is 0 Å². The molecule has 6 heteroatoms. The Kier molecular flexibility index (Phi) is 5.16. The van der Waals surface area contributed by atoms with Crippen LogP contribution in [0, 0.1) is 6.92 Å². The van der Waals surface area contributed by atoms with Gasteiger partial charge < -0.3 is 5.32 Å². The van der Waals surface area contributed by atoms with Crippen LogP contribution in [0.15, 0.2) is 53.3 Å². The van der Waals surface area contributed by atoms with Crippen LogP contribution < -0.4 is 11.0 Å². The van der Waals surface area contributed by atoms with Gasteiger partial charge in [0, 0.05) is 11.6 Å². The Morgan fingerprint density at radius 1 is 1.04 bits per heavy atom. The predicted molar refractivity (Wildman–Crippen MR) is 105 cm³/mol. The molecule has 4 rings (SSSR count). The zero-order valence-corrected chi connectivity index (χ0v) is 15.6. The molecular weight excluding hydrogens is 338 g/mol. The standard InChI is InChI=1S/C21H25N5O/c1-16-6-5-9-19(23-16)15-26-21(27)25(14-17-7-3-2-4-8-17)20(24-26)18-10-12-22-13-11-18/h2-9,18,22H,10-15H2,1H3. The topological polar surface area (TPSA) is 64.7 Å². The number of benzene rings is 1. The van der Waals surface area contributed by atoms with Crippen LogP contribution in [0.4, 0.5) is 0 Å². The van der Waals surface area contributed by atoms with E-state index in [0.29, 0.717) is 19.0 Å². The van der Waals surface area contributed by atoms with E-state index in [1.165, 1.54) is 0 Å². The van der Waals surface area contributed by atoms with Crippen LogP contribution in [0.25, 0.3) is 0 Å². The van der Waals surface area contributed by atoms with Gasteiger partial charge in [0.2, 0.25) is 0 Å². The van der Waals surface area contributed by atoms with Crippen LogP contribution >= 0.6 is 0 Å². The fourth-order valence-corrected chi connectivity index (χ4v) is 3.70. The van der Waals surface area contributed by atoms with E-state index in [0.717, 1.165) is 48.7 Å². The monoisotopic (exact) mass is 363 g/mol. The van der Waals surface area contributed by atoms with Gasteiger partial charge in [0.25, 0.3) is 0 Å². The maximum atomic E-state index is 13.1. The van der Waals surface area contributed by atoms with Crippen molar-refractivity contribution in [3.63, 3.8) is 0 Å². The van der Waals surface area contributed by atoms with E-state index < -0.39 is 0 Å². The van der Waals surface area contributed by atoms with Gasteiger partial charge in [0.1, 0.15) is 5.82 Å². The van der Waals surface area contributed by atoms with Gasteiger partial charge in [-0.1, -0.05) is 36.4 Å². The Morgan fingerprint density at radius 2 is 1.81 bits per heavy atom. The maximum absolute atomic E-state index is 13.1. The van der Waals surface area contributed by atoms with Crippen molar-refractivity contribution >= 4 is 0 Å². The first-order chi connectivity index (χ1) is 13.2. The minimum absolute atomic E-state index is 0.0595. The van der Waals surface area contributed by atoms with E-state index in [-0.39, 0.29) is 5.69 Å². The van der Waals surface area contributed by atoms with Gasteiger partial charge >= 0.3 is 5.69 Å². The number of aromatic nitrogens is 4. The van der Waals surface area contributed by atoms with Gasteiger partial charge in [0.05, 0.1) is 18.8 Å². The molecule has 3 aromatic rings. The average molecular weight is 363 g/mol. The second-order valence-electron chi connectivity index (χ2n) is 7.16. The summed E-state index contributed by atoms with van der Waals surface area (Å²) in [7, 11) is 0. The molecule has 1 N–H and O–H groups in total. The molecule has 0 bridgehead atoms. The Hall–Kier alpha value is -2.73. The Bertz CT molecular complexity index is 954. The smallest absolute Gasteiger partial charge is 0.317 e. The van der Waals surface area contributed by atoms with Crippen LogP contribution in [0.2, 0.25) is 0 Å². The van der Waals surface area contributed by atoms with Crippen LogP contribution in [-0.4, -0.2) is 32.4 Å². The Labute approximate surface area is 158 Å². The summed E-state index contributed by atoms with van der Waals surface area (Å²) in [4.78, 5) is 17.7. The number of hydrogen-bond acceptors (Lipinski definition) is 4. The molecule has 0 saturated carbocycles. The van der Waals surface area contributed by atoms with Crippen molar-refractivity contribution in [3.05, 3.63) is 81.8 Å². The molecule has 1 aliphatic rings. The Morgan fingerprint density at radius 3 is 2.56 bits per heavy atom. The van der Waals surface area contributed by atoms with Crippen LogP contribution in [0.5, 0.6) is 0 Å². The summed E-state index contributed by atoms with van der Waals surface area (Å²) in [5.41, 5.74) is 2.86. The van der Waals surface area contributed by atoms with Gasteiger partial charge in [0.15, 0.2) is 0 Å². The van der Waals surface area contributed by atoms with Crippen molar-refractivity contribution in [1.82, 2.24) is 24.6 Å². The molecule has 27 heavy (non-hydrogen) atoms. The molecule has 1 fully saturated rings. The normalized spacial score (nSPS) is 15.1. The minimum atomic E-state index is -0.0595. The van der Waals surface area contributed by atoms with Crippen molar-refractivity contribution in [3.8, 4) is 0 Å². The highest BCUT2D eigenvalue weighted by molar-refractivity contribution is 5.16. The first-order valence-corrected chi connectivity index (χ1v) is 9.55. The summed E-state index contributed by atoms with van der Waals surface area (Å²) in [5, 5.41) is 8.14. The van der Waals surface area contributed by atoms with Gasteiger partial charge in [-0.25, -0.2) is 9.48 Å². The maximum Gasteiger partial charge on any atom is 0.346 e. The molecule has 0 radical (unpaired) electrons. The number of hydrogen-bond donors (Lipinski definition) is 1. The summed E-state index contributed by atoms with van der Waals surface area (Å²) in [5.74, 6) is 1.22. The molecular formula is C21H25N5O. The molecule has 0 amide bonds. The second kappa shape index (κ2) is 7.88. The lowest BCUT2D eigenvalue weighted by Crippen LogP contribution is -2.30. The lowest BCUT2D eigenvalue weighted by atomic mass is 9.97. The van der Waals surface area contributed by atoms with Crippen molar-refractivity contribution in [2.45, 2.75) is 38.8 Å². The van der Waals surface area contributed by atoms with E-state index in [1.54, 1.807) is 4.68 Å². The van der Waals surface area contributed by atoms with E-state index >= 15 is 0 Å². The number of piperidine rings is 1.